The van der Waals surface area contributed by atoms with Crippen molar-refractivity contribution in [2.75, 3.05) is 37.4 Å². The fourth-order valence-electron chi connectivity index (χ4n) is 2.56. The van der Waals surface area contributed by atoms with E-state index in [2.05, 4.69) is 10.6 Å². The van der Waals surface area contributed by atoms with Crippen LogP contribution in [0.25, 0.3) is 0 Å². The van der Waals surface area contributed by atoms with Crippen LogP contribution in [0.15, 0.2) is 48.5 Å². The van der Waals surface area contributed by atoms with Crippen molar-refractivity contribution in [3.8, 4) is 5.75 Å². The minimum Gasteiger partial charge on any atom is -0.495 e. The number of benzene rings is 2. The molecule has 0 aromatic heterocycles. The standard InChI is InChI=1S/C20H25N3O3/c1-4-23(5-2)20(25)15-10-12-16(13-11-15)22-19(24)14-21-17-8-6-7-9-18(17)26-3/h6-13,21H,4-5,14H2,1-3H3,(H,22,24). The zero-order valence-electron chi connectivity index (χ0n) is 15.4. The molecule has 2 rings (SSSR count). The Morgan fingerprint density at radius 3 is 2.27 bits per heavy atom. The van der Waals surface area contributed by atoms with Crippen molar-refractivity contribution in [1.29, 1.82) is 0 Å². The second kappa shape index (κ2) is 9.46. The number of hydrogen-bond acceptors (Lipinski definition) is 4. The molecule has 2 aromatic rings. The number of carbonyl (C=O) groups excluding carboxylic acids is 2. The average molecular weight is 355 g/mol. The van der Waals surface area contributed by atoms with E-state index < -0.39 is 0 Å². The van der Waals surface area contributed by atoms with E-state index in [1.807, 2.05) is 38.1 Å². The molecular weight excluding hydrogens is 330 g/mol. The van der Waals surface area contributed by atoms with Crippen LogP contribution in [0.2, 0.25) is 0 Å². The van der Waals surface area contributed by atoms with Crippen LogP contribution in [0, 0.1) is 0 Å². The van der Waals surface area contributed by atoms with Gasteiger partial charge in [0.05, 0.1) is 19.3 Å². The number of nitrogens with one attached hydrogen (secondary N) is 2. The van der Waals surface area contributed by atoms with E-state index in [4.69, 9.17) is 4.74 Å². The van der Waals surface area contributed by atoms with Gasteiger partial charge in [-0.1, -0.05) is 12.1 Å². The number of para-hydroxylation sites is 2. The van der Waals surface area contributed by atoms with E-state index in [1.54, 1.807) is 36.3 Å². The zero-order valence-corrected chi connectivity index (χ0v) is 15.4. The van der Waals surface area contributed by atoms with Crippen LogP contribution < -0.4 is 15.4 Å². The molecule has 0 bridgehead atoms. The Kier molecular flexibility index (Phi) is 7.02. The summed E-state index contributed by atoms with van der Waals surface area (Å²) < 4.78 is 5.24. The van der Waals surface area contributed by atoms with E-state index in [1.165, 1.54) is 0 Å². The number of anilines is 2. The van der Waals surface area contributed by atoms with Crippen molar-refractivity contribution in [2.45, 2.75) is 13.8 Å². The maximum Gasteiger partial charge on any atom is 0.253 e. The molecule has 2 amide bonds. The molecule has 0 aliphatic carbocycles. The first-order valence-electron chi connectivity index (χ1n) is 8.65. The van der Waals surface area contributed by atoms with Crippen molar-refractivity contribution in [3.05, 3.63) is 54.1 Å². The molecule has 26 heavy (non-hydrogen) atoms. The van der Waals surface area contributed by atoms with Crippen LogP contribution in [0.1, 0.15) is 24.2 Å². The molecule has 0 aliphatic rings. The van der Waals surface area contributed by atoms with Gasteiger partial charge in [-0.05, 0) is 50.2 Å². The van der Waals surface area contributed by atoms with Gasteiger partial charge in [0.25, 0.3) is 5.91 Å². The Morgan fingerprint density at radius 1 is 1.00 bits per heavy atom. The molecule has 0 radical (unpaired) electrons. The summed E-state index contributed by atoms with van der Waals surface area (Å²) in [5.74, 6) is 0.490. The van der Waals surface area contributed by atoms with Gasteiger partial charge in [-0.2, -0.15) is 0 Å². The van der Waals surface area contributed by atoms with Crippen molar-refractivity contribution >= 4 is 23.2 Å². The van der Waals surface area contributed by atoms with Crippen molar-refractivity contribution in [2.24, 2.45) is 0 Å². The van der Waals surface area contributed by atoms with Crippen molar-refractivity contribution in [1.82, 2.24) is 4.90 Å². The normalized spacial score (nSPS) is 10.1. The van der Waals surface area contributed by atoms with Crippen molar-refractivity contribution in [3.63, 3.8) is 0 Å². The summed E-state index contributed by atoms with van der Waals surface area (Å²) in [6.45, 7) is 5.35. The molecule has 0 saturated carbocycles. The summed E-state index contributed by atoms with van der Waals surface area (Å²) in [6, 6.07) is 14.3. The lowest BCUT2D eigenvalue weighted by atomic mass is 10.1. The molecular formula is C20H25N3O3. The third-order valence-corrected chi connectivity index (χ3v) is 4.01. The Bertz CT molecular complexity index is 740. The third kappa shape index (κ3) is 4.99. The number of carbonyl (C=O) groups is 2. The fraction of sp³-hybridized carbons (Fsp3) is 0.300. The maximum atomic E-state index is 12.3. The zero-order chi connectivity index (χ0) is 18.9. The van der Waals surface area contributed by atoms with Crippen LogP contribution in [0.4, 0.5) is 11.4 Å². The predicted octanol–water partition coefficient (Wildman–Crippen LogP) is 3.23. The highest BCUT2D eigenvalue weighted by Crippen LogP contribution is 2.22. The van der Waals surface area contributed by atoms with E-state index in [9.17, 15) is 9.59 Å². The molecule has 0 aliphatic heterocycles. The summed E-state index contributed by atoms with van der Waals surface area (Å²) in [5.41, 5.74) is 2.01. The smallest absolute Gasteiger partial charge is 0.253 e. The molecule has 2 aromatic carbocycles. The second-order valence-electron chi connectivity index (χ2n) is 5.66. The highest BCUT2D eigenvalue weighted by Gasteiger charge is 2.12. The van der Waals surface area contributed by atoms with E-state index >= 15 is 0 Å². The van der Waals surface area contributed by atoms with Gasteiger partial charge < -0.3 is 20.3 Å². The summed E-state index contributed by atoms with van der Waals surface area (Å²) in [6.07, 6.45) is 0. The van der Waals surface area contributed by atoms with Gasteiger partial charge >= 0.3 is 0 Å². The first-order valence-corrected chi connectivity index (χ1v) is 8.65. The number of ether oxygens (including phenoxy) is 1. The number of hydrogen-bond donors (Lipinski definition) is 2. The average Bonchev–Trinajstić information content (AvgIpc) is 2.68. The van der Waals surface area contributed by atoms with Gasteiger partial charge in [0, 0.05) is 24.3 Å². The van der Waals surface area contributed by atoms with Gasteiger partial charge in [0.2, 0.25) is 5.91 Å². The highest BCUT2D eigenvalue weighted by atomic mass is 16.5. The third-order valence-electron chi connectivity index (χ3n) is 4.01. The predicted molar refractivity (Wildman–Crippen MR) is 104 cm³/mol. The molecule has 6 nitrogen and oxygen atoms in total. The fourth-order valence-corrected chi connectivity index (χ4v) is 2.56. The van der Waals surface area contributed by atoms with Crippen LogP contribution in [0.5, 0.6) is 5.75 Å². The summed E-state index contributed by atoms with van der Waals surface area (Å²) >= 11 is 0. The van der Waals surface area contributed by atoms with Crippen molar-refractivity contribution < 1.29 is 14.3 Å². The number of nitrogens with zero attached hydrogens (tertiary/aromatic N) is 1. The van der Waals surface area contributed by atoms with E-state index in [0.717, 1.165) is 5.69 Å². The largest absolute Gasteiger partial charge is 0.495 e. The molecule has 0 heterocycles. The Balaban J connectivity index is 1.92. The Hall–Kier alpha value is -3.02. The molecule has 138 valence electrons. The van der Waals surface area contributed by atoms with Crippen LogP contribution in [-0.4, -0.2) is 43.5 Å². The molecule has 0 fully saturated rings. The Morgan fingerprint density at radius 2 is 1.65 bits per heavy atom. The summed E-state index contributed by atoms with van der Waals surface area (Å²) in [4.78, 5) is 26.1. The number of amides is 2. The quantitative estimate of drug-likeness (QED) is 0.763. The minimum atomic E-state index is -0.182. The summed E-state index contributed by atoms with van der Waals surface area (Å²) in [5, 5.41) is 5.85. The molecule has 0 unspecified atom stereocenters. The van der Waals surface area contributed by atoms with Gasteiger partial charge in [-0.15, -0.1) is 0 Å². The topological polar surface area (TPSA) is 70.7 Å². The lowest BCUT2D eigenvalue weighted by Gasteiger charge is -2.18. The first-order chi connectivity index (χ1) is 12.6. The molecule has 0 atom stereocenters. The number of methoxy groups -OCH3 is 1. The molecule has 6 heteroatoms. The van der Waals surface area contributed by atoms with E-state index in [0.29, 0.717) is 30.1 Å². The maximum absolute atomic E-state index is 12.3. The van der Waals surface area contributed by atoms with Crippen LogP contribution >= 0.6 is 0 Å². The molecule has 0 spiro atoms. The first kappa shape index (κ1) is 19.3. The monoisotopic (exact) mass is 355 g/mol. The second-order valence-corrected chi connectivity index (χ2v) is 5.66. The molecule has 0 saturated heterocycles. The number of rotatable bonds is 8. The van der Waals surface area contributed by atoms with Crippen LogP contribution in [0.3, 0.4) is 0 Å². The molecule has 2 N–H and O–H groups in total. The van der Waals surface area contributed by atoms with Gasteiger partial charge in [-0.25, -0.2) is 0 Å². The lowest BCUT2D eigenvalue weighted by molar-refractivity contribution is -0.114. The SMILES string of the molecule is CCN(CC)C(=O)c1ccc(NC(=O)CNc2ccccc2OC)cc1. The minimum absolute atomic E-state index is 0.00860. The summed E-state index contributed by atoms with van der Waals surface area (Å²) in [7, 11) is 1.58. The highest BCUT2D eigenvalue weighted by molar-refractivity contribution is 5.96. The Labute approximate surface area is 154 Å². The van der Waals surface area contributed by atoms with Gasteiger partial charge in [0.1, 0.15) is 5.75 Å². The lowest BCUT2D eigenvalue weighted by Crippen LogP contribution is -2.30. The van der Waals surface area contributed by atoms with E-state index in [-0.39, 0.29) is 18.4 Å². The van der Waals surface area contributed by atoms with Crippen LogP contribution in [-0.2, 0) is 4.79 Å². The van der Waals surface area contributed by atoms with Gasteiger partial charge in [0.15, 0.2) is 0 Å². The van der Waals surface area contributed by atoms with Gasteiger partial charge in [-0.3, -0.25) is 9.59 Å².